The van der Waals surface area contributed by atoms with E-state index in [0.717, 1.165) is 12.1 Å². The molecule has 0 N–H and O–H groups in total. The van der Waals surface area contributed by atoms with Gasteiger partial charge in [-0.25, -0.2) is 0 Å². The van der Waals surface area contributed by atoms with E-state index >= 15 is 0 Å². The molecule has 0 heterocycles. The van der Waals surface area contributed by atoms with E-state index in [2.05, 4.69) is 9.73 Å². The third-order valence-corrected chi connectivity index (χ3v) is 3.80. The normalized spacial score (nSPS) is 23.3. The number of nitrogens with zero attached hydrogens (tertiary/aromatic N) is 1. The van der Waals surface area contributed by atoms with Crippen molar-refractivity contribution >= 4 is 17.5 Å². The van der Waals surface area contributed by atoms with Crippen LogP contribution in [0, 0.1) is 5.92 Å². The van der Waals surface area contributed by atoms with Crippen LogP contribution < -0.4 is 0 Å². The van der Waals surface area contributed by atoms with Crippen LogP contribution in [-0.2, 0) is 20.5 Å². The Morgan fingerprint density at radius 3 is 2.70 bits per heavy atom. The van der Waals surface area contributed by atoms with E-state index < -0.39 is 23.6 Å². The quantitative estimate of drug-likeness (QED) is 0.802. The maximum Gasteiger partial charge on any atom is 0.416 e. The summed E-state index contributed by atoms with van der Waals surface area (Å²) in [6, 6.07) is 4.67. The van der Waals surface area contributed by atoms with Gasteiger partial charge in [0.05, 0.1) is 18.6 Å². The zero-order valence-corrected chi connectivity index (χ0v) is 12.7. The predicted octanol–water partition coefficient (Wildman–Crippen LogP) is 3.01. The molecule has 2 atom stereocenters. The van der Waals surface area contributed by atoms with Gasteiger partial charge < -0.3 is 4.74 Å². The molecule has 1 aliphatic rings. The molecule has 2 rings (SSSR count). The second-order valence-electron chi connectivity index (χ2n) is 5.45. The molecule has 0 saturated heterocycles. The molecular formula is C16H16F3NO3. The van der Waals surface area contributed by atoms with Crippen molar-refractivity contribution in [2.75, 3.05) is 13.7 Å². The smallest absolute Gasteiger partial charge is 0.416 e. The van der Waals surface area contributed by atoms with Crippen LogP contribution in [0.1, 0.15) is 30.4 Å². The molecule has 0 aromatic heterocycles. The van der Waals surface area contributed by atoms with Gasteiger partial charge in [0.2, 0.25) is 0 Å². The number of Topliss-reactive ketones (excluding diaryl/α,β-unsaturated/α-hetero) is 1. The molecule has 7 heteroatoms. The summed E-state index contributed by atoms with van der Waals surface area (Å²) < 4.78 is 43.0. The number of esters is 1. The van der Waals surface area contributed by atoms with Crippen molar-refractivity contribution in [3.05, 3.63) is 35.4 Å². The fourth-order valence-corrected chi connectivity index (χ4v) is 2.62. The zero-order chi connectivity index (χ0) is 17.2. The van der Waals surface area contributed by atoms with E-state index in [0.29, 0.717) is 12.1 Å². The Kier molecular flexibility index (Phi) is 4.87. The number of ketones is 1. The van der Waals surface area contributed by atoms with Gasteiger partial charge in [0, 0.05) is 11.6 Å². The van der Waals surface area contributed by atoms with Crippen molar-refractivity contribution in [3.8, 4) is 0 Å². The average molecular weight is 327 g/mol. The minimum atomic E-state index is -4.48. The lowest BCUT2D eigenvalue weighted by Crippen LogP contribution is -2.17. The lowest BCUT2D eigenvalue weighted by molar-refractivity contribution is -0.139. The number of benzene rings is 1. The number of hydrogen-bond donors (Lipinski definition) is 0. The molecule has 2 unspecified atom stereocenters. The highest BCUT2D eigenvalue weighted by Gasteiger charge is 2.39. The maximum absolute atomic E-state index is 12.8. The second-order valence-corrected chi connectivity index (χ2v) is 5.45. The molecule has 0 amide bonds. The molecule has 0 bridgehead atoms. The van der Waals surface area contributed by atoms with Crippen molar-refractivity contribution in [1.29, 1.82) is 0 Å². The van der Waals surface area contributed by atoms with Gasteiger partial charge in [0.15, 0.2) is 0 Å². The van der Waals surface area contributed by atoms with E-state index in [1.807, 2.05) is 0 Å². The highest BCUT2D eigenvalue weighted by molar-refractivity contribution is 6.17. The molecule has 1 aromatic rings. The van der Waals surface area contributed by atoms with E-state index in [4.69, 9.17) is 0 Å². The molecular weight excluding hydrogens is 311 g/mol. The summed E-state index contributed by atoms with van der Waals surface area (Å²) in [5.41, 5.74) is -0.139. The first-order valence-corrected chi connectivity index (χ1v) is 7.05. The molecule has 0 spiro atoms. The number of methoxy groups -OCH3 is 1. The Morgan fingerprint density at radius 2 is 2.09 bits per heavy atom. The first-order chi connectivity index (χ1) is 10.7. The minimum absolute atomic E-state index is 0.187. The van der Waals surface area contributed by atoms with Gasteiger partial charge in [-0.3, -0.25) is 14.6 Å². The number of aliphatic imine (C=N–C) groups is 1. The van der Waals surface area contributed by atoms with Crippen molar-refractivity contribution < 1.29 is 27.5 Å². The average Bonchev–Trinajstić information content (AvgIpc) is 2.79. The lowest BCUT2D eigenvalue weighted by Gasteiger charge is -2.14. The number of rotatable bonds is 3. The van der Waals surface area contributed by atoms with Crippen LogP contribution in [0.5, 0.6) is 0 Å². The first kappa shape index (κ1) is 17.2. The third-order valence-electron chi connectivity index (χ3n) is 3.80. The molecule has 1 saturated carbocycles. The topological polar surface area (TPSA) is 55.7 Å². The highest BCUT2D eigenvalue weighted by atomic mass is 19.4. The molecule has 1 fully saturated rings. The third kappa shape index (κ3) is 3.78. The molecule has 1 aromatic carbocycles. The van der Waals surface area contributed by atoms with Crippen molar-refractivity contribution in [2.45, 2.75) is 25.4 Å². The number of carbonyl (C=O) groups is 2. The zero-order valence-electron chi connectivity index (χ0n) is 12.7. The van der Waals surface area contributed by atoms with Crippen LogP contribution in [0.2, 0.25) is 0 Å². The lowest BCUT2D eigenvalue weighted by atomic mass is 9.93. The maximum atomic E-state index is 12.8. The minimum Gasteiger partial charge on any atom is -0.468 e. The van der Waals surface area contributed by atoms with Crippen LogP contribution in [-0.4, -0.2) is 31.1 Å². The van der Waals surface area contributed by atoms with Crippen LogP contribution in [0.15, 0.2) is 29.3 Å². The number of hydrogen-bond acceptors (Lipinski definition) is 4. The fraction of sp³-hybridized carbons (Fsp3) is 0.438. The standard InChI is InChI=1S/C16H16F3NO3/c1-9-6-12(20-8-13(21)23-2)14(15(9)22)10-4-3-5-11(7-10)16(17,18)19/h3-5,7,9,14H,6,8H2,1-2H3. The van der Waals surface area contributed by atoms with Gasteiger partial charge in [0.1, 0.15) is 12.3 Å². The van der Waals surface area contributed by atoms with Crippen LogP contribution in [0.4, 0.5) is 13.2 Å². The molecule has 4 nitrogen and oxygen atoms in total. The number of halogens is 3. The summed E-state index contributed by atoms with van der Waals surface area (Å²) in [5, 5.41) is 0. The van der Waals surface area contributed by atoms with Crippen molar-refractivity contribution in [3.63, 3.8) is 0 Å². The monoisotopic (exact) mass is 327 g/mol. The number of ether oxygens (including phenoxy) is 1. The van der Waals surface area contributed by atoms with E-state index in [-0.39, 0.29) is 23.8 Å². The fourth-order valence-electron chi connectivity index (χ4n) is 2.62. The van der Waals surface area contributed by atoms with Gasteiger partial charge in [-0.1, -0.05) is 25.1 Å². The molecule has 1 aliphatic carbocycles. The van der Waals surface area contributed by atoms with Crippen molar-refractivity contribution in [2.24, 2.45) is 10.9 Å². The van der Waals surface area contributed by atoms with Gasteiger partial charge >= 0.3 is 12.1 Å². The SMILES string of the molecule is COC(=O)CN=C1CC(C)C(=O)C1c1cccc(C(F)(F)F)c1. The molecule has 23 heavy (non-hydrogen) atoms. The summed E-state index contributed by atoms with van der Waals surface area (Å²) in [6.45, 7) is 1.45. The first-order valence-electron chi connectivity index (χ1n) is 7.05. The van der Waals surface area contributed by atoms with Gasteiger partial charge in [-0.2, -0.15) is 13.2 Å². The van der Waals surface area contributed by atoms with Crippen molar-refractivity contribution in [1.82, 2.24) is 0 Å². The Labute approximate surface area is 131 Å². The van der Waals surface area contributed by atoms with E-state index in [9.17, 15) is 22.8 Å². The largest absolute Gasteiger partial charge is 0.468 e. The predicted molar refractivity (Wildman–Crippen MR) is 77.3 cm³/mol. The molecule has 0 radical (unpaired) electrons. The summed E-state index contributed by atoms with van der Waals surface area (Å²) in [7, 11) is 1.22. The number of alkyl halides is 3. The number of carbonyl (C=O) groups excluding carboxylic acids is 2. The van der Waals surface area contributed by atoms with Gasteiger partial charge in [-0.15, -0.1) is 0 Å². The Bertz CT molecular complexity index is 652. The summed E-state index contributed by atoms with van der Waals surface area (Å²) in [6.07, 6.45) is -4.15. The Hall–Kier alpha value is -2.18. The van der Waals surface area contributed by atoms with Crippen LogP contribution in [0.25, 0.3) is 0 Å². The molecule has 124 valence electrons. The Morgan fingerprint density at radius 1 is 1.39 bits per heavy atom. The summed E-state index contributed by atoms with van der Waals surface area (Å²) >= 11 is 0. The van der Waals surface area contributed by atoms with E-state index in [1.165, 1.54) is 19.2 Å². The van der Waals surface area contributed by atoms with Crippen LogP contribution >= 0.6 is 0 Å². The van der Waals surface area contributed by atoms with Gasteiger partial charge in [0.25, 0.3) is 0 Å². The molecule has 0 aliphatic heterocycles. The highest BCUT2D eigenvalue weighted by Crippen LogP contribution is 2.36. The summed E-state index contributed by atoms with van der Waals surface area (Å²) in [5.74, 6) is -1.93. The Balaban J connectivity index is 2.38. The van der Waals surface area contributed by atoms with Crippen LogP contribution in [0.3, 0.4) is 0 Å². The summed E-state index contributed by atoms with van der Waals surface area (Å²) in [4.78, 5) is 27.6. The van der Waals surface area contributed by atoms with Gasteiger partial charge in [-0.05, 0) is 18.1 Å². The van der Waals surface area contributed by atoms with E-state index in [1.54, 1.807) is 6.92 Å². The second kappa shape index (κ2) is 6.52.